The molecule has 0 saturated carbocycles. The van der Waals surface area contributed by atoms with E-state index in [4.69, 9.17) is 0 Å². The van der Waals surface area contributed by atoms with Gasteiger partial charge in [-0.05, 0) is 40.9 Å². The lowest BCUT2D eigenvalue weighted by molar-refractivity contribution is 0.498. The molecule has 98 valence electrons. The molecule has 0 aliphatic rings. The molecule has 2 N–H and O–H groups in total. The maximum Gasteiger partial charge on any atom is 0.191 e. The summed E-state index contributed by atoms with van der Waals surface area (Å²) in [5.74, 6) is 0.865. The first-order chi connectivity index (χ1) is 6.70. The fraction of sp³-hybridized carbons (Fsp3) is 0.909. The summed E-state index contributed by atoms with van der Waals surface area (Å²) in [6.07, 6.45) is 2.13. The fourth-order valence-corrected chi connectivity index (χ4v) is 1.12. The molecule has 0 aliphatic carbocycles. The summed E-state index contributed by atoms with van der Waals surface area (Å²) >= 11 is 1.85. The van der Waals surface area contributed by atoms with Crippen LogP contribution in [0.1, 0.15) is 34.6 Å². The molecule has 0 aliphatic heterocycles. The van der Waals surface area contributed by atoms with Crippen LogP contribution in [0, 0.1) is 0 Å². The molecule has 0 spiro atoms. The lowest BCUT2D eigenvalue weighted by atomic mass is 10.1. The van der Waals surface area contributed by atoms with Crippen LogP contribution in [0.2, 0.25) is 0 Å². The minimum Gasteiger partial charge on any atom is -0.355 e. The van der Waals surface area contributed by atoms with Crippen LogP contribution in [0.15, 0.2) is 4.99 Å². The third-order valence-corrected chi connectivity index (χ3v) is 3.20. The summed E-state index contributed by atoms with van der Waals surface area (Å²) in [5.41, 5.74) is 0.0470. The van der Waals surface area contributed by atoms with Crippen molar-refractivity contribution in [3.63, 3.8) is 0 Å². The molecule has 0 radical (unpaired) electrons. The van der Waals surface area contributed by atoms with Crippen molar-refractivity contribution in [1.82, 2.24) is 10.6 Å². The maximum absolute atomic E-state index is 4.20. The minimum absolute atomic E-state index is 0. The first kappa shape index (κ1) is 18.7. The van der Waals surface area contributed by atoms with Gasteiger partial charge >= 0.3 is 0 Å². The lowest BCUT2D eigenvalue weighted by Gasteiger charge is -2.27. The normalized spacial score (nSPS) is 13.1. The first-order valence-corrected chi connectivity index (χ1v) is 6.47. The molecular weight excluding hydrogens is 333 g/mol. The van der Waals surface area contributed by atoms with E-state index in [1.807, 2.05) is 11.8 Å². The zero-order chi connectivity index (χ0) is 12.1. The Balaban J connectivity index is 0. The quantitative estimate of drug-likeness (QED) is 0.462. The third-order valence-electron chi connectivity index (χ3n) is 1.95. The van der Waals surface area contributed by atoms with Gasteiger partial charge in [0.2, 0.25) is 0 Å². The SMILES string of the molecule is CN=C(NCC(C)(C)SC)NC(C)(C)C.I. The van der Waals surface area contributed by atoms with Crippen molar-refractivity contribution < 1.29 is 0 Å². The molecule has 0 fully saturated rings. The van der Waals surface area contributed by atoms with Gasteiger partial charge in [-0.25, -0.2) is 0 Å². The van der Waals surface area contributed by atoms with Crippen molar-refractivity contribution in [3.8, 4) is 0 Å². The first-order valence-electron chi connectivity index (χ1n) is 5.24. The van der Waals surface area contributed by atoms with Crippen LogP contribution in [0.3, 0.4) is 0 Å². The van der Waals surface area contributed by atoms with Crippen LogP contribution < -0.4 is 10.6 Å². The Labute approximate surface area is 122 Å². The molecule has 16 heavy (non-hydrogen) atoms. The Kier molecular flexibility index (Phi) is 8.92. The zero-order valence-corrected chi connectivity index (χ0v) is 14.6. The Bertz CT molecular complexity index is 222. The van der Waals surface area contributed by atoms with E-state index < -0.39 is 0 Å². The molecule has 5 heteroatoms. The molecule has 0 aromatic heterocycles. The summed E-state index contributed by atoms with van der Waals surface area (Å²) in [7, 11) is 1.80. The van der Waals surface area contributed by atoms with E-state index in [1.54, 1.807) is 7.05 Å². The van der Waals surface area contributed by atoms with Crippen LogP contribution in [-0.2, 0) is 0 Å². The molecule has 0 saturated heterocycles. The van der Waals surface area contributed by atoms with E-state index in [1.165, 1.54) is 0 Å². The highest BCUT2D eigenvalue weighted by Crippen LogP contribution is 2.19. The van der Waals surface area contributed by atoms with Crippen molar-refractivity contribution in [2.24, 2.45) is 4.99 Å². The number of nitrogens with zero attached hydrogens (tertiary/aromatic N) is 1. The van der Waals surface area contributed by atoms with Crippen molar-refractivity contribution in [2.75, 3.05) is 19.8 Å². The van der Waals surface area contributed by atoms with E-state index in [9.17, 15) is 0 Å². The van der Waals surface area contributed by atoms with Gasteiger partial charge in [0.1, 0.15) is 0 Å². The summed E-state index contributed by atoms with van der Waals surface area (Å²) in [5, 5.41) is 6.67. The molecule has 0 atom stereocenters. The number of guanidine groups is 1. The average molecular weight is 359 g/mol. The summed E-state index contributed by atoms with van der Waals surface area (Å²) in [4.78, 5) is 4.20. The zero-order valence-electron chi connectivity index (χ0n) is 11.5. The molecule has 0 heterocycles. The molecule has 0 bridgehead atoms. The van der Waals surface area contributed by atoms with Crippen LogP contribution in [0.5, 0.6) is 0 Å². The van der Waals surface area contributed by atoms with Crippen molar-refractivity contribution in [1.29, 1.82) is 0 Å². The number of hydrogen-bond acceptors (Lipinski definition) is 2. The van der Waals surface area contributed by atoms with E-state index in [2.05, 4.69) is 56.5 Å². The van der Waals surface area contributed by atoms with E-state index in [0.717, 1.165) is 12.5 Å². The number of halogens is 1. The van der Waals surface area contributed by atoms with Crippen molar-refractivity contribution >= 4 is 41.7 Å². The summed E-state index contributed by atoms with van der Waals surface area (Å²) in [6, 6.07) is 0. The topological polar surface area (TPSA) is 36.4 Å². The molecule has 0 rings (SSSR count). The standard InChI is InChI=1S/C11H25N3S.HI/c1-10(2,3)14-9(12-6)13-8-11(4,5)15-7;/h8H2,1-7H3,(H2,12,13,14);1H. The van der Waals surface area contributed by atoms with Crippen LogP contribution in [0.4, 0.5) is 0 Å². The van der Waals surface area contributed by atoms with E-state index in [-0.39, 0.29) is 34.3 Å². The number of nitrogens with one attached hydrogen (secondary N) is 2. The van der Waals surface area contributed by atoms with Gasteiger partial charge in [0.05, 0.1) is 0 Å². The van der Waals surface area contributed by atoms with Crippen molar-refractivity contribution in [3.05, 3.63) is 0 Å². The van der Waals surface area contributed by atoms with Gasteiger partial charge < -0.3 is 10.6 Å². The van der Waals surface area contributed by atoms with Crippen LogP contribution >= 0.6 is 35.7 Å². The van der Waals surface area contributed by atoms with Gasteiger partial charge in [0, 0.05) is 23.9 Å². The minimum atomic E-state index is 0. The second kappa shape index (κ2) is 7.63. The molecule has 0 aromatic carbocycles. The highest BCUT2D eigenvalue weighted by atomic mass is 127. The predicted octanol–water partition coefficient (Wildman–Crippen LogP) is 2.71. The number of rotatable bonds is 3. The Morgan fingerprint density at radius 2 is 1.69 bits per heavy atom. The average Bonchev–Trinajstić information content (AvgIpc) is 2.10. The maximum atomic E-state index is 4.20. The molecule has 3 nitrogen and oxygen atoms in total. The molecule has 0 amide bonds. The van der Waals surface area contributed by atoms with Crippen LogP contribution in [0.25, 0.3) is 0 Å². The second-order valence-corrected chi connectivity index (χ2v) is 6.78. The van der Waals surface area contributed by atoms with Gasteiger partial charge in [0.15, 0.2) is 5.96 Å². The summed E-state index contributed by atoms with van der Waals surface area (Å²) < 4.78 is 0.232. The highest BCUT2D eigenvalue weighted by molar-refractivity contribution is 14.0. The molecular formula is C11H26IN3S. The van der Waals surface area contributed by atoms with Gasteiger partial charge in [-0.1, -0.05) is 0 Å². The van der Waals surface area contributed by atoms with E-state index in [0.29, 0.717) is 0 Å². The summed E-state index contributed by atoms with van der Waals surface area (Å²) in [6.45, 7) is 11.7. The van der Waals surface area contributed by atoms with Gasteiger partial charge in [-0.2, -0.15) is 11.8 Å². The number of thioether (sulfide) groups is 1. The predicted molar refractivity (Wildman–Crippen MR) is 87.3 cm³/mol. The van der Waals surface area contributed by atoms with Gasteiger partial charge in [0.25, 0.3) is 0 Å². The Morgan fingerprint density at radius 3 is 2.00 bits per heavy atom. The Morgan fingerprint density at radius 1 is 1.19 bits per heavy atom. The van der Waals surface area contributed by atoms with Crippen molar-refractivity contribution in [2.45, 2.75) is 44.9 Å². The van der Waals surface area contributed by atoms with Gasteiger partial charge in [-0.3, -0.25) is 4.99 Å². The highest BCUT2D eigenvalue weighted by Gasteiger charge is 2.17. The third kappa shape index (κ3) is 9.57. The van der Waals surface area contributed by atoms with Gasteiger partial charge in [-0.15, -0.1) is 24.0 Å². The Hall–Kier alpha value is 0.350. The fourth-order valence-electron chi connectivity index (χ4n) is 0.903. The molecule has 0 unspecified atom stereocenters. The molecule has 0 aromatic rings. The number of hydrogen-bond donors (Lipinski definition) is 2. The van der Waals surface area contributed by atoms with Crippen LogP contribution in [-0.4, -0.2) is 36.1 Å². The monoisotopic (exact) mass is 359 g/mol. The lowest BCUT2D eigenvalue weighted by Crippen LogP contribution is -2.50. The second-order valence-electron chi connectivity index (χ2n) is 5.26. The van der Waals surface area contributed by atoms with E-state index >= 15 is 0 Å². The largest absolute Gasteiger partial charge is 0.355 e. The number of aliphatic imine (C=N–C) groups is 1. The smallest absolute Gasteiger partial charge is 0.191 e.